The van der Waals surface area contributed by atoms with Gasteiger partial charge in [0.25, 0.3) is 0 Å². The van der Waals surface area contributed by atoms with Crippen molar-refractivity contribution in [3.8, 4) is 0 Å². The Morgan fingerprint density at radius 1 is 1.18 bits per heavy atom. The first kappa shape index (κ1) is 12.1. The Bertz CT molecular complexity index is 524. The first-order valence-electron chi connectivity index (χ1n) is 6.11. The fourth-order valence-corrected chi connectivity index (χ4v) is 1.99. The van der Waals surface area contributed by atoms with Crippen LogP contribution in [0.5, 0.6) is 0 Å². The lowest BCUT2D eigenvalue weighted by Gasteiger charge is -2.20. The number of hydrogen-bond acceptors (Lipinski definition) is 2. The Morgan fingerprint density at radius 3 is 2.53 bits per heavy atom. The van der Waals surface area contributed by atoms with Gasteiger partial charge in [-0.25, -0.2) is 0 Å². The molecule has 2 rings (SSSR count). The average molecular weight is 228 g/mol. The van der Waals surface area contributed by atoms with E-state index in [4.69, 9.17) is 10.7 Å². The summed E-state index contributed by atoms with van der Waals surface area (Å²) in [5, 5.41) is 1.23. The maximum atomic E-state index is 5.69. The monoisotopic (exact) mass is 228 g/mol. The molecule has 1 aromatic heterocycles. The molecule has 2 nitrogen and oxygen atoms in total. The Kier molecular flexibility index (Phi) is 3.16. The third-order valence-electron chi connectivity index (χ3n) is 2.98. The number of aromatic nitrogens is 1. The van der Waals surface area contributed by atoms with Gasteiger partial charge < -0.3 is 5.73 Å². The summed E-state index contributed by atoms with van der Waals surface area (Å²) in [5.74, 6) is 0. The fourth-order valence-electron chi connectivity index (χ4n) is 1.99. The van der Waals surface area contributed by atoms with Gasteiger partial charge in [0, 0.05) is 16.5 Å². The Hall–Kier alpha value is -1.41. The average Bonchev–Trinajstić information content (AvgIpc) is 2.28. The molecule has 0 amide bonds. The van der Waals surface area contributed by atoms with E-state index >= 15 is 0 Å². The number of rotatable bonds is 2. The van der Waals surface area contributed by atoms with Crippen LogP contribution < -0.4 is 5.73 Å². The minimum Gasteiger partial charge on any atom is -0.330 e. The molecule has 0 bridgehead atoms. The molecular formula is C15H20N2. The van der Waals surface area contributed by atoms with Gasteiger partial charge >= 0.3 is 0 Å². The van der Waals surface area contributed by atoms with Crippen LogP contribution >= 0.6 is 0 Å². The molecule has 0 fully saturated rings. The molecule has 0 aliphatic rings. The van der Waals surface area contributed by atoms with E-state index in [0.717, 1.165) is 17.6 Å². The molecule has 1 heterocycles. The summed E-state index contributed by atoms with van der Waals surface area (Å²) in [6, 6.07) is 10.5. The van der Waals surface area contributed by atoms with Crippen LogP contribution in [0, 0.1) is 0 Å². The van der Waals surface area contributed by atoms with E-state index in [9.17, 15) is 0 Å². The zero-order valence-corrected chi connectivity index (χ0v) is 10.8. The molecule has 2 heteroatoms. The van der Waals surface area contributed by atoms with Gasteiger partial charge in [0.05, 0.1) is 5.52 Å². The topological polar surface area (TPSA) is 38.9 Å². The highest BCUT2D eigenvalue weighted by atomic mass is 14.7. The normalized spacial score (nSPS) is 12.0. The lowest BCUT2D eigenvalue weighted by molar-refractivity contribution is 0.570. The van der Waals surface area contributed by atoms with Gasteiger partial charge in [0.15, 0.2) is 0 Å². The van der Waals surface area contributed by atoms with Crippen LogP contribution in [0.4, 0.5) is 0 Å². The zero-order valence-electron chi connectivity index (χ0n) is 10.8. The zero-order chi connectivity index (χ0) is 12.5. The third-order valence-corrected chi connectivity index (χ3v) is 2.98. The van der Waals surface area contributed by atoms with E-state index < -0.39 is 0 Å². The van der Waals surface area contributed by atoms with Crippen molar-refractivity contribution in [3.63, 3.8) is 0 Å². The van der Waals surface area contributed by atoms with E-state index in [2.05, 4.69) is 45.0 Å². The lowest BCUT2D eigenvalue weighted by Crippen LogP contribution is -2.15. The van der Waals surface area contributed by atoms with Gasteiger partial charge in [-0.05, 0) is 30.7 Å². The van der Waals surface area contributed by atoms with E-state index in [1.165, 1.54) is 10.9 Å². The van der Waals surface area contributed by atoms with Gasteiger partial charge in [-0.15, -0.1) is 0 Å². The molecule has 0 radical (unpaired) electrons. The highest BCUT2D eigenvalue weighted by Crippen LogP contribution is 2.26. The van der Waals surface area contributed by atoms with Gasteiger partial charge in [-0.2, -0.15) is 0 Å². The Labute approximate surface area is 103 Å². The van der Waals surface area contributed by atoms with Gasteiger partial charge in [0.1, 0.15) is 0 Å². The predicted octanol–water partition coefficient (Wildman–Crippen LogP) is 3.03. The van der Waals surface area contributed by atoms with E-state index in [-0.39, 0.29) is 5.41 Å². The highest BCUT2D eigenvalue weighted by Gasteiger charge is 2.17. The summed E-state index contributed by atoms with van der Waals surface area (Å²) in [5.41, 5.74) is 9.29. The molecule has 2 aromatic rings. The highest BCUT2D eigenvalue weighted by molar-refractivity contribution is 5.82. The van der Waals surface area contributed by atoms with Crippen molar-refractivity contribution in [2.24, 2.45) is 5.73 Å². The smallest absolute Gasteiger partial charge is 0.0708 e. The summed E-state index contributed by atoms with van der Waals surface area (Å²) in [7, 11) is 0. The standard InChI is InChI=1S/C15H20N2/c1-15(2,3)14-10-11(8-9-16)12-6-4-5-7-13(12)17-14/h4-7,10H,8-9,16H2,1-3H3. The summed E-state index contributed by atoms with van der Waals surface area (Å²) in [6.45, 7) is 7.25. The Balaban J connectivity index is 2.67. The molecule has 0 saturated heterocycles. The number of fused-ring (bicyclic) bond motifs is 1. The molecule has 0 unspecified atom stereocenters. The molecule has 0 aliphatic carbocycles. The van der Waals surface area contributed by atoms with Crippen molar-refractivity contribution >= 4 is 10.9 Å². The number of pyridine rings is 1. The molecule has 1 aromatic carbocycles. The van der Waals surface area contributed by atoms with Gasteiger partial charge in [-0.1, -0.05) is 39.0 Å². The van der Waals surface area contributed by atoms with Crippen LogP contribution in [0.3, 0.4) is 0 Å². The van der Waals surface area contributed by atoms with Crippen LogP contribution in [0.2, 0.25) is 0 Å². The minimum absolute atomic E-state index is 0.0768. The molecule has 2 N–H and O–H groups in total. The van der Waals surface area contributed by atoms with Crippen molar-refractivity contribution in [1.29, 1.82) is 0 Å². The molecule has 0 saturated carbocycles. The van der Waals surface area contributed by atoms with Crippen molar-refractivity contribution in [2.75, 3.05) is 6.54 Å². The summed E-state index contributed by atoms with van der Waals surface area (Å²) < 4.78 is 0. The number of nitrogens with zero attached hydrogens (tertiary/aromatic N) is 1. The number of para-hydroxylation sites is 1. The first-order valence-corrected chi connectivity index (χ1v) is 6.11. The second kappa shape index (κ2) is 4.46. The summed E-state index contributed by atoms with van der Waals surface area (Å²) in [6.07, 6.45) is 0.909. The van der Waals surface area contributed by atoms with Crippen LogP contribution in [-0.2, 0) is 11.8 Å². The first-order chi connectivity index (χ1) is 8.02. The Morgan fingerprint density at radius 2 is 1.88 bits per heavy atom. The second-order valence-corrected chi connectivity index (χ2v) is 5.47. The summed E-state index contributed by atoms with van der Waals surface area (Å²) >= 11 is 0. The quantitative estimate of drug-likeness (QED) is 0.858. The number of hydrogen-bond donors (Lipinski definition) is 1. The van der Waals surface area contributed by atoms with Crippen LogP contribution in [0.15, 0.2) is 30.3 Å². The van der Waals surface area contributed by atoms with E-state index in [1.54, 1.807) is 0 Å². The SMILES string of the molecule is CC(C)(C)c1cc(CCN)c2ccccc2n1. The van der Waals surface area contributed by atoms with Crippen molar-refractivity contribution in [2.45, 2.75) is 32.6 Å². The van der Waals surface area contributed by atoms with Crippen molar-refractivity contribution < 1.29 is 0 Å². The molecular weight excluding hydrogens is 208 g/mol. The lowest BCUT2D eigenvalue weighted by atomic mass is 9.89. The molecule has 90 valence electrons. The summed E-state index contributed by atoms with van der Waals surface area (Å²) in [4.78, 5) is 4.75. The van der Waals surface area contributed by atoms with E-state index in [1.807, 2.05) is 6.07 Å². The minimum atomic E-state index is 0.0768. The maximum Gasteiger partial charge on any atom is 0.0708 e. The maximum absolute atomic E-state index is 5.69. The number of benzene rings is 1. The van der Waals surface area contributed by atoms with Crippen molar-refractivity contribution in [1.82, 2.24) is 4.98 Å². The number of nitrogens with two attached hydrogens (primary N) is 1. The van der Waals surface area contributed by atoms with Crippen LogP contribution in [-0.4, -0.2) is 11.5 Å². The largest absolute Gasteiger partial charge is 0.330 e. The molecule has 0 atom stereocenters. The van der Waals surface area contributed by atoms with Gasteiger partial charge in [-0.3, -0.25) is 4.98 Å². The second-order valence-electron chi connectivity index (χ2n) is 5.47. The molecule has 17 heavy (non-hydrogen) atoms. The van der Waals surface area contributed by atoms with Gasteiger partial charge in [0.2, 0.25) is 0 Å². The molecule has 0 aliphatic heterocycles. The van der Waals surface area contributed by atoms with E-state index in [0.29, 0.717) is 6.54 Å². The fraction of sp³-hybridized carbons (Fsp3) is 0.400. The molecule has 0 spiro atoms. The van der Waals surface area contributed by atoms with Crippen LogP contribution in [0.25, 0.3) is 10.9 Å². The third kappa shape index (κ3) is 2.47. The van der Waals surface area contributed by atoms with Crippen molar-refractivity contribution in [3.05, 3.63) is 41.6 Å². The van der Waals surface area contributed by atoms with Crippen LogP contribution in [0.1, 0.15) is 32.0 Å². The predicted molar refractivity (Wildman–Crippen MR) is 73.2 cm³/mol.